The average Bonchev–Trinajstić information content (AvgIpc) is 3.21. The number of ether oxygens (including phenoxy) is 2. The van der Waals surface area contributed by atoms with Gasteiger partial charge >= 0.3 is 6.01 Å². The van der Waals surface area contributed by atoms with Crippen molar-refractivity contribution in [3.63, 3.8) is 0 Å². The molecule has 34 heavy (non-hydrogen) atoms. The number of aryl methyl sites for hydroxylation is 1. The van der Waals surface area contributed by atoms with E-state index in [9.17, 15) is 4.79 Å². The van der Waals surface area contributed by atoms with Crippen LogP contribution in [0, 0.1) is 5.92 Å². The van der Waals surface area contributed by atoms with Gasteiger partial charge in [-0.15, -0.1) is 0 Å². The van der Waals surface area contributed by atoms with Crippen LogP contribution in [-0.4, -0.2) is 67.3 Å². The number of halogens is 1. The van der Waals surface area contributed by atoms with Gasteiger partial charge in [0.25, 0.3) is 5.91 Å². The predicted molar refractivity (Wildman–Crippen MR) is 134 cm³/mol. The zero-order valence-electron chi connectivity index (χ0n) is 19.7. The van der Waals surface area contributed by atoms with E-state index in [0.29, 0.717) is 41.4 Å². The quantitative estimate of drug-likeness (QED) is 0.567. The SMILES string of the molecule is CNC(=O)c1c(NC)nc(OC2=CC=CC(CN3CCOCC3)C2)n1CCc1ccc(Cl)cc1. The van der Waals surface area contributed by atoms with Gasteiger partial charge in [-0.1, -0.05) is 35.9 Å². The minimum atomic E-state index is -0.217. The van der Waals surface area contributed by atoms with Crippen LogP contribution in [-0.2, 0) is 17.7 Å². The molecule has 182 valence electrons. The molecule has 2 aliphatic rings. The van der Waals surface area contributed by atoms with E-state index in [-0.39, 0.29) is 5.91 Å². The summed E-state index contributed by atoms with van der Waals surface area (Å²) in [5, 5.41) is 6.45. The summed E-state index contributed by atoms with van der Waals surface area (Å²) in [5.41, 5.74) is 1.56. The minimum Gasteiger partial charge on any atom is -0.430 e. The van der Waals surface area contributed by atoms with Crippen molar-refractivity contribution < 1.29 is 14.3 Å². The molecule has 1 aromatic carbocycles. The number of imidazole rings is 1. The Kier molecular flexibility index (Phi) is 8.26. The molecular weight excluding hydrogens is 454 g/mol. The van der Waals surface area contributed by atoms with Gasteiger partial charge in [0.2, 0.25) is 0 Å². The van der Waals surface area contributed by atoms with Crippen molar-refractivity contribution in [2.24, 2.45) is 5.92 Å². The smallest absolute Gasteiger partial charge is 0.304 e. The first-order valence-electron chi connectivity index (χ1n) is 11.7. The van der Waals surface area contributed by atoms with Gasteiger partial charge in [-0.25, -0.2) is 0 Å². The zero-order valence-corrected chi connectivity index (χ0v) is 20.5. The second kappa shape index (κ2) is 11.6. The maximum absolute atomic E-state index is 12.7. The summed E-state index contributed by atoms with van der Waals surface area (Å²) in [7, 11) is 3.37. The van der Waals surface area contributed by atoms with Crippen LogP contribution in [0.1, 0.15) is 22.5 Å². The first-order chi connectivity index (χ1) is 16.6. The molecule has 1 atom stereocenters. The number of hydrogen-bond donors (Lipinski definition) is 2. The monoisotopic (exact) mass is 485 g/mol. The lowest BCUT2D eigenvalue weighted by Gasteiger charge is -2.30. The highest BCUT2D eigenvalue weighted by atomic mass is 35.5. The predicted octanol–water partition coefficient (Wildman–Crippen LogP) is 3.35. The molecule has 1 fully saturated rings. The molecule has 2 aromatic rings. The summed E-state index contributed by atoms with van der Waals surface area (Å²) >= 11 is 6.03. The molecule has 0 bridgehead atoms. The van der Waals surface area contributed by atoms with Gasteiger partial charge in [-0.3, -0.25) is 14.3 Å². The van der Waals surface area contributed by atoms with E-state index in [0.717, 1.165) is 50.6 Å². The lowest BCUT2D eigenvalue weighted by atomic mass is 9.98. The summed E-state index contributed by atoms with van der Waals surface area (Å²) < 4.78 is 13.6. The number of morpholine rings is 1. The number of carbonyl (C=O) groups excluding carboxylic acids is 1. The van der Waals surface area contributed by atoms with Crippen molar-refractivity contribution in [3.8, 4) is 6.01 Å². The fraction of sp³-hybridized carbons (Fsp3) is 0.440. The Labute approximate surface area is 205 Å². The summed E-state index contributed by atoms with van der Waals surface area (Å²) in [6.45, 7) is 5.00. The number of nitrogens with one attached hydrogen (secondary N) is 2. The van der Waals surface area contributed by atoms with E-state index in [1.807, 2.05) is 41.0 Å². The molecule has 1 amide bonds. The van der Waals surface area contributed by atoms with Crippen molar-refractivity contribution in [2.75, 3.05) is 52.3 Å². The van der Waals surface area contributed by atoms with Crippen LogP contribution >= 0.6 is 11.6 Å². The van der Waals surface area contributed by atoms with Crippen LogP contribution in [0.15, 0.2) is 48.3 Å². The standard InChI is InChI=1S/C25H32ClN5O3/c1-27-23-22(24(32)28-2)31(11-10-18-6-8-20(26)9-7-18)25(29-23)34-21-5-3-4-19(16-21)17-30-12-14-33-15-13-30/h3-9,19,27H,10-17H2,1-2H3,(H,28,32). The first kappa shape index (κ1) is 24.3. The third-order valence-corrected chi connectivity index (χ3v) is 6.35. The van der Waals surface area contributed by atoms with Crippen molar-refractivity contribution in [3.05, 3.63) is 64.5 Å². The molecule has 9 heteroatoms. The fourth-order valence-corrected chi connectivity index (χ4v) is 4.41. The Bertz CT molecular complexity index is 1040. The number of benzene rings is 1. The molecule has 1 saturated heterocycles. The highest BCUT2D eigenvalue weighted by molar-refractivity contribution is 6.30. The second-order valence-electron chi connectivity index (χ2n) is 8.45. The Morgan fingerprint density at radius 3 is 2.71 bits per heavy atom. The van der Waals surface area contributed by atoms with E-state index < -0.39 is 0 Å². The Balaban J connectivity index is 1.52. The highest BCUT2D eigenvalue weighted by Crippen LogP contribution is 2.28. The van der Waals surface area contributed by atoms with Gasteiger partial charge in [0.1, 0.15) is 5.76 Å². The number of carbonyl (C=O) groups is 1. The lowest BCUT2D eigenvalue weighted by molar-refractivity contribution is 0.0329. The molecule has 1 aliphatic carbocycles. The van der Waals surface area contributed by atoms with Gasteiger partial charge in [0.05, 0.1) is 13.2 Å². The normalized spacial score (nSPS) is 18.4. The molecule has 0 radical (unpaired) electrons. The maximum atomic E-state index is 12.7. The third kappa shape index (κ3) is 6.00. The van der Waals surface area contributed by atoms with Crippen molar-refractivity contribution in [1.29, 1.82) is 0 Å². The van der Waals surface area contributed by atoms with Crippen molar-refractivity contribution >= 4 is 23.3 Å². The largest absolute Gasteiger partial charge is 0.430 e. The van der Waals surface area contributed by atoms with Gasteiger partial charge in [0, 0.05) is 51.7 Å². The number of amides is 1. The highest BCUT2D eigenvalue weighted by Gasteiger charge is 2.25. The lowest BCUT2D eigenvalue weighted by Crippen LogP contribution is -2.39. The molecular formula is C25H32ClN5O3. The summed E-state index contributed by atoms with van der Waals surface area (Å²) in [6, 6.07) is 8.12. The molecule has 0 saturated carbocycles. The molecule has 2 heterocycles. The molecule has 4 rings (SSSR count). The molecule has 1 aliphatic heterocycles. The number of nitrogens with zero attached hydrogens (tertiary/aromatic N) is 3. The molecule has 0 spiro atoms. The number of anilines is 1. The number of hydrogen-bond acceptors (Lipinski definition) is 6. The number of aromatic nitrogens is 2. The van der Waals surface area contributed by atoms with Crippen LogP contribution < -0.4 is 15.4 Å². The van der Waals surface area contributed by atoms with E-state index >= 15 is 0 Å². The minimum absolute atomic E-state index is 0.217. The van der Waals surface area contributed by atoms with E-state index in [1.165, 1.54) is 0 Å². The number of rotatable bonds is 9. The zero-order chi connectivity index (χ0) is 23.9. The average molecular weight is 486 g/mol. The topological polar surface area (TPSA) is 80.7 Å². The maximum Gasteiger partial charge on any atom is 0.304 e. The summed E-state index contributed by atoms with van der Waals surface area (Å²) in [6.07, 6.45) is 7.73. The summed E-state index contributed by atoms with van der Waals surface area (Å²) in [5.74, 6) is 1.47. The molecule has 1 unspecified atom stereocenters. The van der Waals surface area contributed by atoms with E-state index in [4.69, 9.17) is 21.1 Å². The molecule has 2 N–H and O–H groups in total. The van der Waals surface area contributed by atoms with Crippen LogP contribution in [0.3, 0.4) is 0 Å². The molecule has 1 aromatic heterocycles. The Hall–Kier alpha value is -2.81. The van der Waals surface area contributed by atoms with Crippen LogP contribution in [0.2, 0.25) is 5.02 Å². The van der Waals surface area contributed by atoms with Crippen LogP contribution in [0.5, 0.6) is 6.01 Å². The van der Waals surface area contributed by atoms with E-state index in [1.54, 1.807) is 14.1 Å². The summed E-state index contributed by atoms with van der Waals surface area (Å²) in [4.78, 5) is 19.8. The van der Waals surface area contributed by atoms with E-state index in [2.05, 4.69) is 26.6 Å². The Morgan fingerprint density at radius 1 is 1.24 bits per heavy atom. The first-order valence-corrected chi connectivity index (χ1v) is 12.0. The van der Waals surface area contributed by atoms with Crippen LogP contribution in [0.4, 0.5) is 5.82 Å². The second-order valence-corrected chi connectivity index (χ2v) is 8.88. The van der Waals surface area contributed by atoms with Gasteiger partial charge < -0.3 is 20.1 Å². The van der Waals surface area contributed by atoms with Crippen molar-refractivity contribution in [2.45, 2.75) is 19.4 Å². The number of allylic oxidation sites excluding steroid dienone is 3. The van der Waals surface area contributed by atoms with Crippen LogP contribution in [0.25, 0.3) is 0 Å². The molecule has 8 nitrogen and oxygen atoms in total. The third-order valence-electron chi connectivity index (χ3n) is 6.10. The fourth-order valence-electron chi connectivity index (χ4n) is 4.28. The van der Waals surface area contributed by atoms with Gasteiger partial charge in [-0.05, 0) is 36.1 Å². The Morgan fingerprint density at radius 2 is 2.00 bits per heavy atom. The van der Waals surface area contributed by atoms with Crippen molar-refractivity contribution in [1.82, 2.24) is 19.8 Å². The van der Waals surface area contributed by atoms with Gasteiger partial charge in [0.15, 0.2) is 11.5 Å². The van der Waals surface area contributed by atoms with Gasteiger partial charge in [-0.2, -0.15) is 4.98 Å².